The third kappa shape index (κ3) is 3.94. The van der Waals surface area contributed by atoms with Crippen molar-refractivity contribution in [3.63, 3.8) is 0 Å². The third-order valence-corrected chi connectivity index (χ3v) is 3.62. The lowest BCUT2D eigenvalue weighted by Crippen LogP contribution is -2.01. The summed E-state index contributed by atoms with van der Waals surface area (Å²) in [6, 6.07) is 17.4. The number of nitrogens with zero attached hydrogens (tertiary/aromatic N) is 1. The van der Waals surface area contributed by atoms with Crippen LogP contribution < -0.4 is 9.47 Å². The summed E-state index contributed by atoms with van der Waals surface area (Å²) < 4.78 is 10.9. The van der Waals surface area contributed by atoms with Crippen molar-refractivity contribution in [3.8, 4) is 17.6 Å². The molecule has 0 saturated heterocycles. The van der Waals surface area contributed by atoms with E-state index in [0.717, 1.165) is 5.75 Å². The van der Waals surface area contributed by atoms with Gasteiger partial charge in [-0.2, -0.15) is 5.26 Å². The molecule has 0 amide bonds. The van der Waals surface area contributed by atoms with E-state index in [4.69, 9.17) is 14.7 Å². The summed E-state index contributed by atoms with van der Waals surface area (Å²) in [5.41, 5.74) is 0.563. The fourth-order valence-corrected chi connectivity index (χ4v) is 2.44. The Labute approximate surface area is 123 Å². The maximum atomic E-state index is 8.84. The zero-order valence-electron chi connectivity index (χ0n) is 11.2. The van der Waals surface area contributed by atoms with Gasteiger partial charge in [0, 0.05) is 16.7 Å². The lowest BCUT2D eigenvalue weighted by Gasteiger charge is -2.10. The van der Waals surface area contributed by atoms with Crippen LogP contribution in [0.4, 0.5) is 0 Å². The number of hydrogen-bond acceptors (Lipinski definition) is 4. The summed E-state index contributed by atoms with van der Waals surface area (Å²) in [4.78, 5) is 1.22. The van der Waals surface area contributed by atoms with Gasteiger partial charge in [-0.15, -0.1) is 11.8 Å². The van der Waals surface area contributed by atoms with E-state index >= 15 is 0 Å². The molecule has 102 valence electrons. The summed E-state index contributed by atoms with van der Waals surface area (Å²) in [6.07, 6.45) is 0. The average Bonchev–Trinajstić information content (AvgIpc) is 2.52. The highest BCUT2D eigenvalue weighted by atomic mass is 32.2. The summed E-state index contributed by atoms with van der Waals surface area (Å²) in [5.74, 6) is 2.11. The molecule has 0 saturated carbocycles. The van der Waals surface area contributed by atoms with Crippen LogP contribution >= 0.6 is 11.8 Å². The normalized spacial score (nSPS) is 9.80. The van der Waals surface area contributed by atoms with Gasteiger partial charge in [0.2, 0.25) is 0 Å². The molecule has 0 atom stereocenters. The summed E-state index contributed by atoms with van der Waals surface area (Å²) >= 11 is 1.74. The number of benzene rings is 2. The molecule has 0 aliphatic carbocycles. The van der Waals surface area contributed by atoms with Crippen molar-refractivity contribution in [2.75, 3.05) is 19.5 Å². The van der Waals surface area contributed by atoms with E-state index < -0.39 is 0 Å². The van der Waals surface area contributed by atoms with Crippen LogP contribution in [-0.4, -0.2) is 19.5 Å². The first kappa shape index (κ1) is 14.3. The Balaban J connectivity index is 1.87. The van der Waals surface area contributed by atoms with Gasteiger partial charge < -0.3 is 9.47 Å². The van der Waals surface area contributed by atoms with Crippen LogP contribution in [0.15, 0.2) is 53.4 Å². The van der Waals surface area contributed by atoms with Gasteiger partial charge >= 0.3 is 0 Å². The van der Waals surface area contributed by atoms with Gasteiger partial charge in [0.05, 0.1) is 25.3 Å². The lowest BCUT2D eigenvalue weighted by atomic mass is 10.2. The Bertz CT molecular complexity index is 593. The predicted octanol–water partition coefficient (Wildman–Crippen LogP) is 3.74. The first-order chi connectivity index (χ1) is 9.83. The van der Waals surface area contributed by atoms with Crippen molar-refractivity contribution in [1.29, 1.82) is 5.26 Å². The molecule has 0 bridgehead atoms. The smallest absolute Gasteiger partial charge is 0.162 e. The third-order valence-electron chi connectivity index (χ3n) is 2.65. The van der Waals surface area contributed by atoms with Crippen LogP contribution in [0.2, 0.25) is 0 Å². The highest BCUT2D eigenvalue weighted by Gasteiger charge is 2.05. The standard InChI is InChI=1S/C16H15NO2S/c1-18-16-11-13(12-17)7-8-15(16)19-9-10-20-14-5-3-2-4-6-14/h2-8,11H,9-10H2,1H3. The second-order valence-electron chi connectivity index (χ2n) is 3.99. The fourth-order valence-electron chi connectivity index (χ4n) is 1.68. The van der Waals surface area contributed by atoms with E-state index in [1.807, 2.05) is 18.2 Å². The zero-order valence-corrected chi connectivity index (χ0v) is 12.0. The molecule has 2 aromatic carbocycles. The lowest BCUT2D eigenvalue weighted by molar-refractivity contribution is 0.313. The van der Waals surface area contributed by atoms with E-state index in [1.54, 1.807) is 37.1 Å². The topological polar surface area (TPSA) is 42.2 Å². The number of ether oxygens (including phenoxy) is 2. The SMILES string of the molecule is COc1cc(C#N)ccc1OCCSc1ccccc1. The van der Waals surface area contributed by atoms with Crippen molar-refractivity contribution in [3.05, 3.63) is 54.1 Å². The van der Waals surface area contributed by atoms with Crippen LogP contribution in [0.3, 0.4) is 0 Å². The van der Waals surface area contributed by atoms with Crippen molar-refractivity contribution in [1.82, 2.24) is 0 Å². The quantitative estimate of drug-likeness (QED) is 0.599. The Morgan fingerprint density at radius 1 is 1.10 bits per heavy atom. The first-order valence-electron chi connectivity index (χ1n) is 6.22. The van der Waals surface area contributed by atoms with Gasteiger partial charge in [0.25, 0.3) is 0 Å². The molecule has 3 nitrogen and oxygen atoms in total. The van der Waals surface area contributed by atoms with Gasteiger partial charge in [0.1, 0.15) is 0 Å². The zero-order chi connectivity index (χ0) is 14.2. The van der Waals surface area contributed by atoms with E-state index in [0.29, 0.717) is 23.7 Å². The number of methoxy groups -OCH3 is 1. The molecule has 0 unspecified atom stereocenters. The second kappa shape index (κ2) is 7.46. The first-order valence-corrected chi connectivity index (χ1v) is 7.21. The molecule has 20 heavy (non-hydrogen) atoms. The maximum absolute atomic E-state index is 8.84. The molecule has 0 spiro atoms. The summed E-state index contributed by atoms with van der Waals surface area (Å²) in [5, 5.41) is 8.84. The second-order valence-corrected chi connectivity index (χ2v) is 5.16. The molecular formula is C16H15NO2S. The minimum Gasteiger partial charge on any atom is -0.493 e. The van der Waals surface area contributed by atoms with Crippen LogP contribution in [0.5, 0.6) is 11.5 Å². The van der Waals surface area contributed by atoms with Crippen LogP contribution in [0.1, 0.15) is 5.56 Å². The molecule has 0 N–H and O–H groups in total. The molecule has 0 heterocycles. The predicted molar refractivity (Wildman–Crippen MR) is 80.4 cm³/mol. The van der Waals surface area contributed by atoms with Crippen molar-refractivity contribution in [2.45, 2.75) is 4.90 Å². The van der Waals surface area contributed by atoms with Crippen molar-refractivity contribution in [2.24, 2.45) is 0 Å². The summed E-state index contributed by atoms with van der Waals surface area (Å²) in [6.45, 7) is 0.585. The minimum atomic E-state index is 0.563. The monoisotopic (exact) mass is 285 g/mol. The molecule has 2 aromatic rings. The van der Waals surface area contributed by atoms with Crippen LogP contribution in [0.25, 0.3) is 0 Å². The molecular weight excluding hydrogens is 270 g/mol. The Kier molecular flexibility index (Phi) is 5.33. The number of rotatable bonds is 6. The van der Waals surface area contributed by atoms with Crippen molar-refractivity contribution >= 4 is 11.8 Å². The number of nitriles is 1. The highest BCUT2D eigenvalue weighted by molar-refractivity contribution is 7.99. The molecule has 0 aromatic heterocycles. The Hall–Kier alpha value is -2.12. The average molecular weight is 285 g/mol. The Morgan fingerprint density at radius 2 is 1.90 bits per heavy atom. The Morgan fingerprint density at radius 3 is 2.60 bits per heavy atom. The van der Waals surface area contributed by atoms with E-state index in [9.17, 15) is 0 Å². The molecule has 0 radical (unpaired) electrons. The number of thioether (sulfide) groups is 1. The van der Waals surface area contributed by atoms with Gasteiger partial charge in [-0.1, -0.05) is 18.2 Å². The fraction of sp³-hybridized carbons (Fsp3) is 0.188. The van der Waals surface area contributed by atoms with Crippen LogP contribution in [-0.2, 0) is 0 Å². The van der Waals surface area contributed by atoms with Crippen LogP contribution in [0, 0.1) is 11.3 Å². The molecule has 0 aliphatic rings. The minimum absolute atomic E-state index is 0.563. The van der Waals surface area contributed by atoms with Gasteiger partial charge in [-0.25, -0.2) is 0 Å². The van der Waals surface area contributed by atoms with Gasteiger partial charge in [-0.05, 0) is 24.3 Å². The summed E-state index contributed by atoms with van der Waals surface area (Å²) in [7, 11) is 1.57. The van der Waals surface area contributed by atoms with Gasteiger partial charge in [-0.3, -0.25) is 0 Å². The van der Waals surface area contributed by atoms with E-state index in [-0.39, 0.29) is 0 Å². The van der Waals surface area contributed by atoms with Gasteiger partial charge in [0.15, 0.2) is 11.5 Å². The van der Waals surface area contributed by atoms with Crippen molar-refractivity contribution < 1.29 is 9.47 Å². The molecule has 0 aliphatic heterocycles. The number of hydrogen-bond donors (Lipinski definition) is 0. The molecule has 4 heteroatoms. The van der Waals surface area contributed by atoms with E-state index in [2.05, 4.69) is 18.2 Å². The molecule has 2 rings (SSSR count). The highest BCUT2D eigenvalue weighted by Crippen LogP contribution is 2.28. The largest absolute Gasteiger partial charge is 0.493 e. The van der Waals surface area contributed by atoms with E-state index in [1.165, 1.54) is 4.90 Å². The molecule has 0 fully saturated rings. The maximum Gasteiger partial charge on any atom is 0.162 e.